The van der Waals surface area contributed by atoms with Gasteiger partial charge in [-0.3, -0.25) is 9.79 Å². The lowest BCUT2D eigenvalue weighted by molar-refractivity contribution is -0.116. The maximum Gasteiger partial charge on any atom is 0.226 e. The van der Waals surface area contributed by atoms with Crippen molar-refractivity contribution in [3.05, 3.63) is 29.8 Å². The van der Waals surface area contributed by atoms with Crippen LogP contribution in [-0.4, -0.2) is 40.9 Å². The molecule has 1 unspecified atom stereocenters. The van der Waals surface area contributed by atoms with Crippen LogP contribution in [0.1, 0.15) is 70.3 Å². The number of amidine groups is 1. The van der Waals surface area contributed by atoms with Crippen LogP contribution in [0.2, 0.25) is 0 Å². The van der Waals surface area contributed by atoms with Gasteiger partial charge in [0, 0.05) is 31.0 Å². The molecule has 0 spiro atoms. The monoisotopic (exact) mass is 423 g/mol. The third kappa shape index (κ3) is 6.41. The van der Waals surface area contributed by atoms with Gasteiger partial charge in [0.2, 0.25) is 5.91 Å². The molecule has 1 aromatic rings. The van der Waals surface area contributed by atoms with E-state index in [1.165, 1.54) is 44.1 Å². The Hall–Kier alpha value is -1.20. The highest BCUT2D eigenvalue weighted by atomic mass is 35.5. The molecule has 1 saturated carbocycles. The summed E-state index contributed by atoms with van der Waals surface area (Å²) in [6, 6.07) is 8.89. The number of aliphatic imine (C=N–C) groups is 1. The molecular weight excluding hydrogens is 390 g/mol. The molecule has 4 nitrogen and oxygen atoms in total. The summed E-state index contributed by atoms with van der Waals surface area (Å²) >= 11 is 1.81. The maximum absolute atomic E-state index is 12.5. The van der Waals surface area contributed by atoms with Gasteiger partial charge in [-0.25, -0.2) is 0 Å². The lowest BCUT2D eigenvalue weighted by Crippen LogP contribution is -2.34. The zero-order valence-electron chi connectivity index (χ0n) is 17.3. The smallest absolute Gasteiger partial charge is 0.226 e. The molecule has 1 amide bonds. The van der Waals surface area contributed by atoms with Gasteiger partial charge in [0.1, 0.15) is 0 Å². The highest BCUT2D eigenvalue weighted by molar-refractivity contribution is 8.14. The van der Waals surface area contributed by atoms with E-state index in [1.807, 2.05) is 23.9 Å². The first-order valence-electron chi connectivity index (χ1n) is 10.4. The second kappa shape index (κ2) is 11.1. The number of anilines is 1. The Balaban J connectivity index is 0.00000280. The van der Waals surface area contributed by atoms with E-state index in [0.717, 1.165) is 16.6 Å². The SMILES string of the molecule is CC(C)c1ccc(NC(=O)CC2CS/C(=N\C3CCCCCC3)N2C)cc1.Cl. The third-order valence-electron chi connectivity index (χ3n) is 5.65. The lowest BCUT2D eigenvalue weighted by atomic mass is 10.0. The van der Waals surface area contributed by atoms with Crippen molar-refractivity contribution in [3.8, 4) is 0 Å². The third-order valence-corrected chi connectivity index (χ3v) is 6.86. The number of hydrogen-bond donors (Lipinski definition) is 1. The van der Waals surface area contributed by atoms with Gasteiger partial charge in [-0.15, -0.1) is 12.4 Å². The van der Waals surface area contributed by atoms with Gasteiger partial charge in [-0.1, -0.05) is 63.4 Å². The minimum Gasteiger partial charge on any atom is -0.350 e. The van der Waals surface area contributed by atoms with Gasteiger partial charge in [-0.2, -0.15) is 0 Å². The van der Waals surface area contributed by atoms with Crippen LogP contribution in [0.4, 0.5) is 5.69 Å². The molecule has 2 fully saturated rings. The highest BCUT2D eigenvalue weighted by Crippen LogP contribution is 2.28. The zero-order chi connectivity index (χ0) is 19.2. The summed E-state index contributed by atoms with van der Waals surface area (Å²) in [7, 11) is 2.09. The number of nitrogens with zero attached hydrogens (tertiary/aromatic N) is 2. The van der Waals surface area contributed by atoms with E-state index in [9.17, 15) is 4.79 Å². The molecule has 1 N–H and O–H groups in total. The average molecular weight is 424 g/mol. The predicted octanol–water partition coefficient (Wildman–Crippen LogP) is 5.69. The second-order valence-electron chi connectivity index (χ2n) is 8.16. The lowest BCUT2D eigenvalue weighted by Gasteiger charge is -2.21. The largest absolute Gasteiger partial charge is 0.350 e. The molecule has 3 rings (SSSR count). The molecule has 156 valence electrons. The van der Waals surface area contributed by atoms with E-state index in [1.54, 1.807) is 0 Å². The topological polar surface area (TPSA) is 44.7 Å². The van der Waals surface area contributed by atoms with E-state index in [4.69, 9.17) is 4.99 Å². The van der Waals surface area contributed by atoms with E-state index in [-0.39, 0.29) is 24.4 Å². The number of hydrogen-bond acceptors (Lipinski definition) is 3. The molecule has 0 bridgehead atoms. The molecular formula is C22H34ClN3OS. The van der Waals surface area contributed by atoms with Gasteiger partial charge in [0.25, 0.3) is 0 Å². The van der Waals surface area contributed by atoms with Gasteiger partial charge in [0.05, 0.1) is 6.04 Å². The van der Waals surface area contributed by atoms with Crippen molar-refractivity contribution < 1.29 is 4.79 Å². The van der Waals surface area contributed by atoms with E-state index in [2.05, 4.69) is 43.2 Å². The highest BCUT2D eigenvalue weighted by Gasteiger charge is 2.29. The summed E-state index contributed by atoms with van der Waals surface area (Å²) in [5.74, 6) is 1.53. The zero-order valence-corrected chi connectivity index (χ0v) is 19.0. The Morgan fingerprint density at radius 2 is 1.82 bits per heavy atom. The molecule has 0 radical (unpaired) electrons. The van der Waals surface area contributed by atoms with Gasteiger partial charge in [-0.05, 0) is 36.5 Å². The van der Waals surface area contributed by atoms with Crippen LogP contribution in [0.15, 0.2) is 29.3 Å². The normalized spacial score (nSPS) is 22.2. The average Bonchev–Trinajstić information content (AvgIpc) is 2.85. The molecule has 1 heterocycles. The number of benzene rings is 1. The number of rotatable bonds is 5. The van der Waals surface area contributed by atoms with Crippen LogP contribution in [0.3, 0.4) is 0 Å². The van der Waals surface area contributed by atoms with E-state index >= 15 is 0 Å². The van der Waals surface area contributed by atoms with Crippen LogP contribution in [0.5, 0.6) is 0 Å². The summed E-state index contributed by atoms with van der Waals surface area (Å²) in [6.45, 7) is 4.35. The molecule has 1 aliphatic carbocycles. The van der Waals surface area contributed by atoms with Crippen LogP contribution < -0.4 is 5.32 Å². The standard InChI is InChI=1S/C22H33N3OS.ClH/c1-16(2)17-10-12-19(13-11-17)23-21(26)14-20-15-27-22(25(20)3)24-18-8-6-4-5-7-9-18;/h10-13,16,18,20H,4-9,14-15H2,1-3H3,(H,23,26);1H/b24-22-;. The molecule has 1 aromatic carbocycles. The summed E-state index contributed by atoms with van der Waals surface area (Å²) in [4.78, 5) is 19.7. The minimum absolute atomic E-state index is 0. The Labute approximate surface area is 180 Å². The fourth-order valence-electron chi connectivity index (χ4n) is 3.79. The van der Waals surface area contributed by atoms with Crippen LogP contribution in [0, 0.1) is 0 Å². The molecule has 28 heavy (non-hydrogen) atoms. The fraction of sp³-hybridized carbons (Fsp3) is 0.636. The molecule has 1 aliphatic heterocycles. The van der Waals surface area contributed by atoms with Crippen LogP contribution in [-0.2, 0) is 4.79 Å². The molecule has 6 heteroatoms. The molecule has 1 saturated heterocycles. The molecule has 0 aromatic heterocycles. The molecule has 1 atom stereocenters. The number of thioether (sulfide) groups is 1. The van der Waals surface area contributed by atoms with Gasteiger partial charge >= 0.3 is 0 Å². The number of nitrogens with one attached hydrogen (secondary N) is 1. The van der Waals surface area contributed by atoms with Crippen LogP contribution in [0.25, 0.3) is 0 Å². The van der Waals surface area contributed by atoms with Crippen molar-refractivity contribution in [2.75, 3.05) is 18.1 Å². The summed E-state index contributed by atoms with van der Waals surface area (Å²) < 4.78 is 0. The number of carbonyl (C=O) groups excluding carboxylic acids is 1. The minimum atomic E-state index is 0. The predicted molar refractivity (Wildman–Crippen MR) is 124 cm³/mol. The Morgan fingerprint density at radius 1 is 1.18 bits per heavy atom. The first kappa shape index (κ1) is 23.1. The first-order valence-corrected chi connectivity index (χ1v) is 11.3. The Bertz CT molecular complexity index is 654. The van der Waals surface area contributed by atoms with Crippen molar-refractivity contribution in [1.82, 2.24) is 4.90 Å². The maximum atomic E-state index is 12.5. The Morgan fingerprint density at radius 3 is 2.43 bits per heavy atom. The van der Waals surface area contributed by atoms with Crippen molar-refractivity contribution in [2.24, 2.45) is 4.99 Å². The van der Waals surface area contributed by atoms with Crippen molar-refractivity contribution >= 4 is 40.9 Å². The van der Waals surface area contributed by atoms with Crippen LogP contribution >= 0.6 is 24.2 Å². The quantitative estimate of drug-likeness (QED) is 0.619. The van der Waals surface area contributed by atoms with Crippen molar-refractivity contribution in [3.63, 3.8) is 0 Å². The van der Waals surface area contributed by atoms with Crippen molar-refractivity contribution in [1.29, 1.82) is 0 Å². The Kier molecular flexibility index (Phi) is 9.16. The number of amides is 1. The number of halogens is 1. The first-order chi connectivity index (χ1) is 13.0. The summed E-state index contributed by atoms with van der Waals surface area (Å²) in [5.41, 5.74) is 2.17. The van der Waals surface area contributed by atoms with Gasteiger partial charge < -0.3 is 10.2 Å². The summed E-state index contributed by atoms with van der Waals surface area (Å²) in [5, 5.41) is 4.17. The van der Waals surface area contributed by atoms with Crippen molar-refractivity contribution in [2.45, 2.75) is 76.8 Å². The summed E-state index contributed by atoms with van der Waals surface area (Å²) in [6.07, 6.45) is 8.26. The fourth-order valence-corrected chi connectivity index (χ4v) is 5.04. The van der Waals surface area contributed by atoms with E-state index in [0.29, 0.717) is 18.4 Å². The van der Waals surface area contributed by atoms with Gasteiger partial charge in [0.15, 0.2) is 5.17 Å². The second-order valence-corrected chi connectivity index (χ2v) is 9.15. The van der Waals surface area contributed by atoms with E-state index < -0.39 is 0 Å². The molecule has 2 aliphatic rings. The number of carbonyl (C=O) groups is 1.